The number of rotatable bonds is 1. The van der Waals surface area contributed by atoms with Crippen molar-refractivity contribution >= 4 is 22.9 Å². The first-order chi connectivity index (χ1) is 11.7. The van der Waals surface area contributed by atoms with E-state index < -0.39 is 0 Å². The van der Waals surface area contributed by atoms with E-state index in [9.17, 15) is 4.39 Å². The van der Waals surface area contributed by atoms with Gasteiger partial charge in [0, 0.05) is 37.4 Å². The molecule has 0 unspecified atom stereocenters. The van der Waals surface area contributed by atoms with Gasteiger partial charge in [-0.2, -0.15) is 0 Å². The van der Waals surface area contributed by atoms with Crippen LogP contribution in [0, 0.1) is 5.82 Å². The molecule has 1 fully saturated rings. The van der Waals surface area contributed by atoms with Crippen LogP contribution in [-0.2, 0) is 0 Å². The molecule has 2 aliphatic rings. The van der Waals surface area contributed by atoms with Crippen molar-refractivity contribution < 1.29 is 4.39 Å². The Bertz CT molecular complexity index is 779. The number of hydrogen-bond acceptors (Lipinski definition) is 4. The van der Waals surface area contributed by atoms with Gasteiger partial charge in [-0.3, -0.25) is 0 Å². The average molecular weight is 324 g/mol. The molecule has 4 nitrogen and oxygen atoms in total. The lowest BCUT2D eigenvalue weighted by Crippen LogP contribution is -2.48. The number of aliphatic imine (C=N–C) groups is 1. The Labute approximate surface area is 141 Å². The number of likely N-dealkylation sites (N-methyl/N-ethyl adjacent to an activating group) is 1. The summed E-state index contributed by atoms with van der Waals surface area (Å²) < 4.78 is 13.9. The number of benzene rings is 2. The third-order valence-corrected chi connectivity index (χ3v) is 4.74. The molecule has 24 heavy (non-hydrogen) atoms. The minimum absolute atomic E-state index is 0.235. The molecule has 4 rings (SSSR count). The summed E-state index contributed by atoms with van der Waals surface area (Å²) in [6.07, 6.45) is 0. The zero-order valence-corrected chi connectivity index (χ0v) is 13.8. The second-order valence-corrected chi connectivity index (χ2v) is 6.19. The summed E-state index contributed by atoms with van der Waals surface area (Å²) in [5.74, 6) is 0.624. The Morgan fingerprint density at radius 1 is 1.04 bits per heavy atom. The monoisotopic (exact) mass is 324 g/mol. The fourth-order valence-corrected chi connectivity index (χ4v) is 3.32. The molecule has 5 heteroatoms. The van der Waals surface area contributed by atoms with Gasteiger partial charge >= 0.3 is 0 Å². The SMILES string of the molecule is CCN1CCN(C2=Nc3ccccc3Nc3ccc(F)cc32)CC1. The number of amidine groups is 1. The summed E-state index contributed by atoms with van der Waals surface area (Å²) in [5.41, 5.74) is 3.57. The number of anilines is 2. The Morgan fingerprint density at radius 3 is 2.62 bits per heavy atom. The molecule has 0 spiro atoms. The lowest BCUT2D eigenvalue weighted by atomic mass is 10.1. The van der Waals surface area contributed by atoms with Crippen molar-refractivity contribution in [2.75, 3.05) is 38.0 Å². The predicted octanol–water partition coefficient (Wildman–Crippen LogP) is 3.60. The maximum Gasteiger partial charge on any atom is 0.138 e. The summed E-state index contributed by atoms with van der Waals surface area (Å²) in [5, 5.41) is 3.40. The van der Waals surface area contributed by atoms with Crippen LogP contribution < -0.4 is 5.32 Å². The van der Waals surface area contributed by atoms with Crippen LogP contribution >= 0.6 is 0 Å². The van der Waals surface area contributed by atoms with Gasteiger partial charge in [0.15, 0.2) is 0 Å². The first kappa shape index (κ1) is 15.1. The van der Waals surface area contributed by atoms with E-state index in [2.05, 4.69) is 22.0 Å². The molecule has 0 aliphatic carbocycles. The molecule has 0 bridgehead atoms. The first-order valence-electron chi connectivity index (χ1n) is 8.46. The largest absolute Gasteiger partial charge is 0.353 e. The second kappa shape index (κ2) is 6.24. The zero-order valence-electron chi connectivity index (χ0n) is 13.8. The number of hydrogen-bond donors (Lipinski definition) is 1. The summed E-state index contributed by atoms with van der Waals surface area (Å²) in [7, 11) is 0. The third-order valence-electron chi connectivity index (χ3n) is 4.74. The Kier molecular flexibility index (Phi) is 3.94. The number of nitrogens with zero attached hydrogens (tertiary/aromatic N) is 3. The van der Waals surface area contributed by atoms with Gasteiger partial charge in [0.05, 0.1) is 11.4 Å². The van der Waals surface area contributed by atoms with E-state index >= 15 is 0 Å². The molecule has 0 amide bonds. The van der Waals surface area contributed by atoms with E-state index in [1.54, 1.807) is 12.1 Å². The van der Waals surface area contributed by atoms with Gasteiger partial charge in [-0.25, -0.2) is 9.38 Å². The lowest BCUT2D eigenvalue weighted by Gasteiger charge is -2.36. The van der Waals surface area contributed by atoms with E-state index in [1.165, 1.54) is 6.07 Å². The van der Waals surface area contributed by atoms with Crippen LogP contribution in [0.15, 0.2) is 47.5 Å². The number of piperazine rings is 1. The molecular formula is C19H21FN4. The molecule has 0 atom stereocenters. The van der Waals surface area contributed by atoms with Crippen LogP contribution in [0.1, 0.15) is 12.5 Å². The molecule has 2 aromatic rings. The summed E-state index contributed by atoms with van der Waals surface area (Å²) >= 11 is 0. The molecule has 2 heterocycles. The molecule has 2 aromatic carbocycles. The van der Waals surface area contributed by atoms with Gasteiger partial charge in [-0.15, -0.1) is 0 Å². The summed E-state index contributed by atoms with van der Waals surface area (Å²) in [4.78, 5) is 9.59. The molecular weight excluding hydrogens is 303 g/mol. The van der Waals surface area contributed by atoms with Gasteiger partial charge in [0.25, 0.3) is 0 Å². The van der Waals surface area contributed by atoms with E-state index in [-0.39, 0.29) is 5.82 Å². The molecule has 0 saturated carbocycles. The van der Waals surface area contributed by atoms with Crippen molar-refractivity contribution in [1.29, 1.82) is 0 Å². The molecule has 2 aliphatic heterocycles. The highest BCUT2D eigenvalue weighted by molar-refractivity contribution is 6.07. The second-order valence-electron chi connectivity index (χ2n) is 6.19. The van der Waals surface area contributed by atoms with Gasteiger partial charge < -0.3 is 15.1 Å². The van der Waals surface area contributed by atoms with Crippen LogP contribution in [0.25, 0.3) is 0 Å². The van der Waals surface area contributed by atoms with Crippen LogP contribution in [0.4, 0.5) is 21.5 Å². The highest BCUT2D eigenvalue weighted by atomic mass is 19.1. The molecule has 0 radical (unpaired) electrons. The van der Waals surface area contributed by atoms with Gasteiger partial charge in [-0.05, 0) is 36.9 Å². The molecule has 1 N–H and O–H groups in total. The Balaban J connectivity index is 1.78. The van der Waals surface area contributed by atoms with Crippen molar-refractivity contribution in [1.82, 2.24) is 9.80 Å². The summed E-state index contributed by atoms with van der Waals surface area (Å²) in [6, 6.07) is 12.8. The molecule has 124 valence electrons. The van der Waals surface area contributed by atoms with Crippen LogP contribution in [-0.4, -0.2) is 48.4 Å². The van der Waals surface area contributed by atoms with Crippen molar-refractivity contribution in [3.63, 3.8) is 0 Å². The number of fused-ring (bicyclic) bond motifs is 2. The van der Waals surface area contributed by atoms with Crippen molar-refractivity contribution in [2.45, 2.75) is 6.92 Å². The topological polar surface area (TPSA) is 30.9 Å². The highest BCUT2D eigenvalue weighted by Gasteiger charge is 2.24. The number of nitrogens with one attached hydrogen (secondary N) is 1. The van der Waals surface area contributed by atoms with Crippen LogP contribution in [0.2, 0.25) is 0 Å². The fraction of sp³-hybridized carbons (Fsp3) is 0.316. The third kappa shape index (κ3) is 2.76. The van der Waals surface area contributed by atoms with Gasteiger partial charge in [-0.1, -0.05) is 19.1 Å². The molecule has 0 aromatic heterocycles. The van der Waals surface area contributed by atoms with Crippen molar-refractivity contribution in [2.24, 2.45) is 4.99 Å². The van der Waals surface area contributed by atoms with Crippen molar-refractivity contribution in [3.05, 3.63) is 53.8 Å². The smallest absolute Gasteiger partial charge is 0.138 e. The number of para-hydroxylation sites is 2. The molecule has 1 saturated heterocycles. The highest BCUT2D eigenvalue weighted by Crippen LogP contribution is 2.35. The minimum Gasteiger partial charge on any atom is -0.353 e. The maximum absolute atomic E-state index is 13.9. The van der Waals surface area contributed by atoms with E-state index in [1.807, 2.05) is 24.3 Å². The fourth-order valence-electron chi connectivity index (χ4n) is 3.32. The van der Waals surface area contributed by atoms with E-state index in [0.717, 1.165) is 61.2 Å². The lowest BCUT2D eigenvalue weighted by molar-refractivity contribution is 0.190. The normalized spacial score (nSPS) is 17.4. The van der Waals surface area contributed by atoms with E-state index in [4.69, 9.17) is 4.99 Å². The van der Waals surface area contributed by atoms with Crippen LogP contribution in [0.3, 0.4) is 0 Å². The van der Waals surface area contributed by atoms with Gasteiger partial charge in [0.1, 0.15) is 11.7 Å². The average Bonchev–Trinajstić information content (AvgIpc) is 2.78. The van der Waals surface area contributed by atoms with Gasteiger partial charge in [0.2, 0.25) is 0 Å². The van der Waals surface area contributed by atoms with Crippen LogP contribution in [0.5, 0.6) is 0 Å². The number of halogens is 1. The quantitative estimate of drug-likeness (QED) is 0.869. The zero-order chi connectivity index (χ0) is 16.5. The Hall–Kier alpha value is -2.40. The predicted molar refractivity (Wildman–Crippen MR) is 96.0 cm³/mol. The van der Waals surface area contributed by atoms with E-state index in [0.29, 0.717) is 0 Å². The minimum atomic E-state index is -0.235. The first-order valence-corrected chi connectivity index (χ1v) is 8.46. The Morgan fingerprint density at radius 2 is 1.83 bits per heavy atom. The maximum atomic E-state index is 13.9. The summed E-state index contributed by atoms with van der Waals surface area (Å²) in [6.45, 7) is 7.08. The standard InChI is InChI=1S/C19H21FN4/c1-2-23-9-11-24(12-10-23)19-15-13-14(20)7-8-16(15)21-17-5-3-4-6-18(17)22-19/h3-8,13,21H,2,9-12H2,1H3. The van der Waals surface area contributed by atoms with Crippen molar-refractivity contribution in [3.8, 4) is 0 Å².